The van der Waals surface area contributed by atoms with Crippen LogP contribution in [-0.2, 0) is 19.8 Å². The lowest BCUT2D eigenvalue weighted by Gasteiger charge is -2.28. The molecule has 0 saturated heterocycles. The van der Waals surface area contributed by atoms with E-state index < -0.39 is 8.80 Å². The van der Waals surface area contributed by atoms with Crippen molar-refractivity contribution >= 4 is 8.80 Å². The molecule has 0 unspecified atom stereocenters. The molecule has 0 aromatic heterocycles. The Labute approximate surface area is 136 Å². The van der Waals surface area contributed by atoms with Crippen molar-refractivity contribution in [2.75, 3.05) is 26.4 Å². The van der Waals surface area contributed by atoms with Crippen molar-refractivity contribution in [3.05, 3.63) is 35.9 Å². The summed E-state index contributed by atoms with van der Waals surface area (Å²) in [5, 5.41) is 3.48. The van der Waals surface area contributed by atoms with Gasteiger partial charge >= 0.3 is 8.80 Å². The van der Waals surface area contributed by atoms with Gasteiger partial charge in [0.15, 0.2) is 0 Å². The molecule has 22 heavy (non-hydrogen) atoms. The van der Waals surface area contributed by atoms with Crippen molar-refractivity contribution in [1.29, 1.82) is 0 Å². The molecule has 0 atom stereocenters. The number of benzene rings is 1. The van der Waals surface area contributed by atoms with E-state index in [4.69, 9.17) is 13.3 Å². The maximum Gasteiger partial charge on any atom is 0.500 e. The molecule has 1 rings (SSSR count). The van der Waals surface area contributed by atoms with Crippen LogP contribution in [0, 0.1) is 0 Å². The summed E-state index contributed by atoms with van der Waals surface area (Å²) in [7, 11) is -2.45. The van der Waals surface area contributed by atoms with Gasteiger partial charge in [-0.2, -0.15) is 0 Å². The third kappa shape index (κ3) is 7.51. The van der Waals surface area contributed by atoms with Crippen LogP contribution in [0.2, 0.25) is 6.04 Å². The van der Waals surface area contributed by atoms with Crippen LogP contribution in [0.15, 0.2) is 30.3 Å². The highest BCUT2D eigenvalue weighted by molar-refractivity contribution is 6.60. The van der Waals surface area contributed by atoms with Crippen LogP contribution in [-0.4, -0.2) is 35.2 Å². The first-order valence-electron chi connectivity index (χ1n) is 8.42. The first kappa shape index (κ1) is 19.3. The van der Waals surface area contributed by atoms with Gasteiger partial charge in [0.1, 0.15) is 0 Å². The lowest BCUT2D eigenvalue weighted by atomic mass is 10.2. The van der Waals surface area contributed by atoms with E-state index >= 15 is 0 Å². The fourth-order valence-corrected chi connectivity index (χ4v) is 5.11. The maximum atomic E-state index is 5.86. The van der Waals surface area contributed by atoms with E-state index in [1.807, 2.05) is 26.8 Å². The molecular weight excluding hydrogens is 294 g/mol. The maximum absolute atomic E-state index is 5.86. The summed E-state index contributed by atoms with van der Waals surface area (Å²) < 4.78 is 17.6. The Hall–Kier alpha value is -0.723. The van der Waals surface area contributed by atoms with Gasteiger partial charge in [-0.15, -0.1) is 0 Å². The summed E-state index contributed by atoms with van der Waals surface area (Å²) in [4.78, 5) is 0. The molecule has 1 N–H and O–H groups in total. The number of rotatable bonds is 13. The van der Waals surface area contributed by atoms with Crippen LogP contribution >= 0.6 is 0 Å². The molecule has 0 radical (unpaired) electrons. The third-order valence-electron chi connectivity index (χ3n) is 3.35. The average molecular weight is 326 g/mol. The Balaban J connectivity index is 2.24. The minimum atomic E-state index is -2.45. The van der Waals surface area contributed by atoms with Gasteiger partial charge in [-0.3, -0.25) is 0 Å². The van der Waals surface area contributed by atoms with Crippen molar-refractivity contribution < 1.29 is 13.3 Å². The summed E-state index contributed by atoms with van der Waals surface area (Å²) >= 11 is 0. The van der Waals surface area contributed by atoms with E-state index in [0.29, 0.717) is 19.8 Å². The largest absolute Gasteiger partial charge is 0.500 e. The molecule has 5 heteroatoms. The Morgan fingerprint density at radius 2 is 1.45 bits per heavy atom. The molecule has 1 aromatic carbocycles. The molecule has 0 aliphatic carbocycles. The minimum absolute atomic E-state index is 0.651. The third-order valence-corrected chi connectivity index (χ3v) is 6.50. The van der Waals surface area contributed by atoms with Crippen molar-refractivity contribution in [2.24, 2.45) is 0 Å². The second-order valence-corrected chi connectivity index (χ2v) is 7.83. The highest BCUT2D eigenvalue weighted by Gasteiger charge is 2.39. The highest BCUT2D eigenvalue weighted by atomic mass is 28.4. The van der Waals surface area contributed by atoms with Crippen LogP contribution in [0.3, 0.4) is 0 Å². The van der Waals surface area contributed by atoms with Crippen molar-refractivity contribution in [3.8, 4) is 0 Å². The van der Waals surface area contributed by atoms with Gasteiger partial charge < -0.3 is 18.6 Å². The zero-order chi connectivity index (χ0) is 16.1. The van der Waals surface area contributed by atoms with Crippen molar-refractivity contribution in [3.63, 3.8) is 0 Å². The van der Waals surface area contributed by atoms with Crippen LogP contribution in [0.4, 0.5) is 0 Å². The quantitative estimate of drug-likeness (QED) is 0.444. The summed E-state index contributed by atoms with van der Waals surface area (Å²) in [5.74, 6) is 0. The SMILES string of the molecule is CCO[Si](CCCCNCc1ccccc1)(OCC)OCC. The molecule has 0 amide bonds. The molecular formula is C17H31NO3Si. The molecule has 0 saturated carbocycles. The summed E-state index contributed by atoms with van der Waals surface area (Å²) in [6, 6.07) is 11.4. The fraction of sp³-hybridized carbons (Fsp3) is 0.647. The monoisotopic (exact) mass is 325 g/mol. The van der Waals surface area contributed by atoms with Gasteiger partial charge in [0, 0.05) is 32.4 Å². The van der Waals surface area contributed by atoms with Gasteiger partial charge in [-0.25, -0.2) is 0 Å². The Kier molecular flexibility index (Phi) is 10.4. The predicted molar refractivity (Wildman–Crippen MR) is 92.8 cm³/mol. The number of hydrogen-bond acceptors (Lipinski definition) is 4. The lowest BCUT2D eigenvalue weighted by molar-refractivity contribution is 0.0707. The second-order valence-electron chi connectivity index (χ2n) is 5.10. The smallest absolute Gasteiger partial charge is 0.374 e. The van der Waals surface area contributed by atoms with E-state index in [-0.39, 0.29) is 0 Å². The molecule has 0 fully saturated rings. The molecule has 126 valence electrons. The first-order valence-corrected chi connectivity index (χ1v) is 10.4. The molecule has 0 spiro atoms. The normalized spacial score (nSPS) is 11.8. The van der Waals surface area contributed by atoms with Gasteiger partial charge in [0.25, 0.3) is 0 Å². The summed E-state index contributed by atoms with van der Waals surface area (Å²) in [5.41, 5.74) is 1.32. The Morgan fingerprint density at radius 3 is 2.00 bits per heavy atom. The molecule has 4 nitrogen and oxygen atoms in total. The average Bonchev–Trinajstić information content (AvgIpc) is 2.52. The zero-order valence-electron chi connectivity index (χ0n) is 14.3. The number of nitrogens with one attached hydrogen (secondary N) is 1. The van der Waals surface area contributed by atoms with Crippen LogP contribution in [0.1, 0.15) is 39.2 Å². The van der Waals surface area contributed by atoms with Gasteiger partial charge in [0.2, 0.25) is 0 Å². The van der Waals surface area contributed by atoms with Gasteiger partial charge in [0.05, 0.1) is 0 Å². The molecule has 0 aliphatic heterocycles. The summed E-state index contributed by atoms with van der Waals surface area (Å²) in [6.45, 7) is 9.88. The van der Waals surface area contributed by atoms with E-state index in [0.717, 1.165) is 32.0 Å². The summed E-state index contributed by atoms with van der Waals surface area (Å²) in [6.07, 6.45) is 2.17. The molecule has 1 aromatic rings. The Morgan fingerprint density at radius 1 is 0.864 bits per heavy atom. The van der Waals surface area contributed by atoms with E-state index in [9.17, 15) is 0 Å². The van der Waals surface area contributed by atoms with Crippen LogP contribution in [0.25, 0.3) is 0 Å². The van der Waals surface area contributed by atoms with Crippen molar-refractivity contribution in [1.82, 2.24) is 5.32 Å². The lowest BCUT2D eigenvalue weighted by Crippen LogP contribution is -2.46. The topological polar surface area (TPSA) is 39.7 Å². The molecule has 0 aliphatic rings. The van der Waals surface area contributed by atoms with Gasteiger partial charge in [-0.05, 0) is 45.7 Å². The highest BCUT2D eigenvalue weighted by Crippen LogP contribution is 2.19. The molecule has 0 heterocycles. The van der Waals surface area contributed by atoms with E-state index in [1.54, 1.807) is 0 Å². The predicted octanol–water partition coefficient (Wildman–Crippen LogP) is 3.60. The Bertz CT molecular complexity index is 358. The van der Waals surface area contributed by atoms with E-state index in [2.05, 4.69) is 29.6 Å². The number of hydrogen-bond donors (Lipinski definition) is 1. The van der Waals surface area contributed by atoms with Crippen LogP contribution < -0.4 is 5.32 Å². The first-order chi connectivity index (χ1) is 10.8. The fourth-order valence-electron chi connectivity index (χ4n) is 2.42. The second kappa shape index (κ2) is 11.8. The van der Waals surface area contributed by atoms with Crippen molar-refractivity contribution in [2.45, 2.75) is 46.2 Å². The molecule has 0 bridgehead atoms. The number of unbranched alkanes of at least 4 members (excludes halogenated alkanes) is 1. The standard InChI is InChI=1S/C17H31NO3Si/c1-4-19-22(20-5-2,21-6-3)15-11-10-14-18-16-17-12-8-7-9-13-17/h7-9,12-13,18H,4-6,10-11,14-16H2,1-3H3. The van der Waals surface area contributed by atoms with Gasteiger partial charge in [-0.1, -0.05) is 30.3 Å². The minimum Gasteiger partial charge on any atom is -0.374 e. The van der Waals surface area contributed by atoms with E-state index in [1.165, 1.54) is 5.56 Å². The zero-order valence-corrected chi connectivity index (χ0v) is 15.3. The van der Waals surface area contributed by atoms with Crippen LogP contribution in [0.5, 0.6) is 0 Å².